The van der Waals surface area contributed by atoms with Crippen molar-refractivity contribution in [2.24, 2.45) is 5.41 Å². The summed E-state index contributed by atoms with van der Waals surface area (Å²) in [5, 5.41) is 4.62. The summed E-state index contributed by atoms with van der Waals surface area (Å²) >= 11 is 0. The Labute approximate surface area is 379 Å². The van der Waals surface area contributed by atoms with Gasteiger partial charge in [-0.3, -0.25) is 4.57 Å². The van der Waals surface area contributed by atoms with E-state index in [0.29, 0.717) is 17.6 Å². The summed E-state index contributed by atoms with van der Waals surface area (Å²) in [6.07, 6.45) is 0. The van der Waals surface area contributed by atoms with Gasteiger partial charge in [0.15, 0.2) is 11.6 Å². The molecule has 1 aliphatic carbocycles. The second kappa shape index (κ2) is 14.2. The maximum absolute atomic E-state index is 5.29. The lowest BCUT2D eigenvalue weighted by Crippen LogP contribution is -2.42. The molecule has 0 unspecified atom stereocenters. The fourth-order valence-electron chi connectivity index (χ4n) is 10.8. The molecule has 0 aliphatic heterocycles. The highest BCUT2D eigenvalue weighted by molar-refractivity contribution is 6.23. The number of rotatable bonds is 6. The van der Waals surface area contributed by atoms with Crippen LogP contribution in [-0.2, 0) is 10.8 Å². The molecule has 0 fully saturated rings. The van der Waals surface area contributed by atoms with E-state index in [9.17, 15) is 0 Å². The molecule has 0 saturated heterocycles. The molecule has 3 aromatic heterocycles. The Morgan fingerprint density at radius 1 is 0.338 bits per heavy atom. The minimum atomic E-state index is 0.0329. The van der Waals surface area contributed by atoms with Gasteiger partial charge in [0.1, 0.15) is 0 Å². The van der Waals surface area contributed by atoms with Gasteiger partial charge in [-0.1, -0.05) is 199 Å². The number of para-hydroxylation sites is 2. The molecule has 5 heteroatoms. The molecule has 8 aromatic carbocycles. The highest BCUT2D eigenvalue weighted by atomic mass is 15.2. The van der Waals surface area contributed by atoms with Crippen molar-refractivity contribution in [3.05, 3.63) is 199 Å². The third-order valence-electron chi connectivity index (χ3n) is 15.5. The van der Waals surface area contributed by atoms with Crippen molar-refractivity contribution in [2.75, 3.05) is 0 Å². The minimum absolute atomic E-state index is 0.0329. The van der Waals surface area contributed by atoms with Crippen LogP contribution in [0.15, 0.2) is 188 Å². The molecule has 0 atom stereocenters. The van der Waals surface area contributed by atoms with Crippen LogP contribution in [0.3, 0.4) is 0 Å². The van der Waals surface area contributed by atoms with Crippen molar-refractivity contribution in [2.45, 2.75) is 52.4 Å². The van der Waals surface area contributed by atoms with E-state index in [2.05, 4.69) is 202 Å². The Morgan fingerprint density at radius 2 is 0.800 bits per heavy atom. The first-order chi connectivity index (χ1) is 31.5. The Bertz CT molecular complexity index is 3620. The topological polar surface area (TPSA) is 48.5 Å². The van der Waals surface area contributed by atoms with Gasteiger partial charge in [-0.15, -0.1) is 0 Å². The summed E-state index contributed by atoms with van der Waals surface area (Å²) in [5.41, 5.74) is 15.2. The molecule has 5 nitrogen and oxygen atoms in total. The van der Waals surface area contributed by atoms with Gasteiger partial charge in [-0.2, -0.15) is 9.97 Å². The molecular weight excluding hydrogens is 791 g/mol. The minimum Gasteiger partial charge on any atom is -0.307 e. The molecule has 65 heavy (non-hydrogen) atoms. The number of nitrogens with zero attached hydrogens (tertiary/aromatic N) is 5. The van der Waals surface area contributed by atoms with Gasteiger partial charge >= 0.3 is 0 Å². The molecule has 12 rings (SSSR count). The van der Waals surface area contributed by atoms with Gasteiger partial charge < -0.3 is 4.57 Å². The van der Waals surface area contributed by atoms with Gasteiger partial charge in [0, 0.05) is 38.4 Å². The van der Waals surface area contributed by atoms with Crippen molar-refractivity contribution in [1.82, 2.24) is 24.1 Å². The number of benzene rings is 8. The molecule has 314 valence electrons. The number of hydrogen-bond acceptors (Lipinski definition) is 3. The zero-order valence-corrected chi connectivity index (χ0v) is 37.6. The molecule has 0 radical (unpaired) electrons. The van der Waals surface area contributed by atoms with Crippen molar-refractivity contribution < 1.29 is 0 Å². The molecule has 0 spiro atoms. The predicted molar refractivity (Wildman–Crippen MR) is 270 cm³/mol. The zero-order valence-electron chi connectivity index (χ0n) is 37.6. The van der Waals surface area contributed by atoms with Crippen LogP contribution in [0.5, 0.6) is 0 Å². The lowest BCUT2D eigenvalue weighted by Gasteiger charge is -2.44. The highest BCUT2D eigenvalue weighted by Gasteiger charge is 2.56. The summed E-state index contributed by atoms with van der Waals surface area (Å²) in [4.78, 5) is 15.7. The fourth-order valence-corrected chi connectivity index (χ4v) is 10.8. The molecule has 0 amide bonds. The maximum Gasteiger partial charge on any atom is 0.238 e. The van der Waals surface area contributed by atoms with E-state index in [-0.39, 0.29) is 16.2 Å². The smallest absolute Gasteiger partial charge is 0.238 e. The normalized spacial score (nSPS) is 15.0. The molecule has 0 bridgehead atoms. The van der Waals surface area contributed by atoms with E-state index in [1.165, 1.54) is 33.2 Å². The molecule has 0 saturated carbocycles. The van der Waals surface area contributed by atoms with E-state index < -0.39 is 0 Å². The second-order valence-electron chi connectivity index (χ2n) is 19.3. The summed E-state index contributed by atoms with van der Waals surface area (Å²) < 4.78 is 4.70. The average Bonchev–Trinajstić information content (AvgIpc) is 3.90. The average molecular weight is 840 g/mol. The SMILES string of the molecule is CC1(C)c2ccc(-c3cccc(-c4cccc(-n5c6ccccc6c6ccc7c8ccccc8n(-c8nc(-c9ccccc9)nc(-c9ccccc9)n8)c7c65)c4)c3)cc2C(C)(C)C1(C)C. The maximum atomic E-state index is 5.29. The Morgan fingerprint density at radius 3 is 1.40 bits per heavy atom. The molecule has 0 N–H and O–H groups in total. The molecule has 11 aromatic rings. The van der Waals surface area contributed by atoms with E-state index in [1.54, 1.807) is 0 Å². The monoisotopic (exact) mass is 839 g/mol. The zero-order chi connectivity index (χ0) is 44.2. The predicted octanol–water partition coefficient (Wildman–Crippen LogP) is 15.3. The Hall–Kier alpha value is -7.63. The fraction of sp³-hybridized carbons (Fsp3) is 0.150. The first-order valence-electron chi connectivity index (χ1n) is 22.7. The van der Waals surface area contributed by atoms with Crippen molar-refractivity contribution in [3.8, 4) is 56.7 Å². The van der Waals surface area contributed by atoms with Gasteiger partial charge in [0.05, 0.1) is 22.1 Å². The van der Waals surface area contributed by atoms with E-state index in [0.717, 1.165) is 60.6 Å². The van der Waals surface area contributed by atoms with Gasteiger partial charge in [0.2, 0.25) is 5.95 Å². The summed E-state index contributed by atoms with van der Waals surface area (Å²) in [6, 6.07) is 67.6. The second-order valence-corrected chi connectivity index (χ2v) is 19.3. The van der Waals surface area contributed by atoms with Crippen LogP contribution in [0, 0.1) is 5.41 Å². The lowest BCUT2D eigenvalue weighted by molar-refractivity contribution is 0.125. The van der Waals surface area contributed by atoms with Gasteiger partial charge in [-0.25, -0.2) is 4.98 Å². The number of fused-ring (bicyclic) bond motifs is 8. The van der Waals surface area contributed by atoms with Crippen LogP contribution in [0.1, 0.15) is 52.7 Å². The Kier molecular flexibility index (Phi) is 8.51. The van der Waals surface area contributed by atoms with Gasteiger partial charge in [-0.05, 0) is 80.0 Å². The first-order valence-corrected chi connectivity index (χ1v) is 22.7. The Balaban J connectivity index is 1.08. The van der Waals surface area contributed by atoms with Crippen molar-refractivity contribution in [3.63, 3.8) is 0 Å². The quantitative estimate of drug-likeness (QED) is 0.168. The molecule has 1 aliphatic rings. The molecular formula is C60H49N5. The van der Waals surface area contributed by atoms with E-state index in [1.807, 2.05) is 36.4 Å². The van der Waals surface area contributed by atoms with Crippen LogP contribution in [0.25, 0.3) is 100 Å². The molecule has 3 heterocycles. The van der Waals surface area contributed by atoms with Crippen molar-refractivity contribution >= 4 is 43.6 Å². The standard InChI is InChI=1S/C60H49N5/c1-58(2)49-34-31-43(37-50(49)59(3,4)60(58,5)6)41-24-17-23-40(35-41)42-25-18-26-44(36-42)64-51-29-15-13-27-45(51)47-32-33-48-46-28-14-16-30-52(46)65(54(48)53(47)64)57-62-55(38-19-9-7-10-20-38)61-56(63-57)39-21-11-8-12-22-39/h7-37H,1-6H3. The van der Waals surface area contributed by atoms with Crippen molar-refractivity contribution in [1.29, 1.82) is 0 Å². The lowest BCUT2D eigenvalue weighted by atomic mass is 9.59. The van der Waals surface area contributed by atoms with Gasteiger partial charge in [0.25, 0.3) is 0 Å². The van der Waals surface area contributed by atoms with E-state index in [4.69, 9.17) is 15.0 Å². The van der Waals surface area contributed by atoms with Crippen LogP contribution in [0.2, 0.25) is 0 Å². The first kappa shape index (κ1) is 39.0. The van der Waals surface area contributed by atoms with Crippen LogP contribution >= 0.6 is 0 Å². The van der Waals surface area contributed by atoms with E-state index >= 15 is 0 Å². The third kappa shape index (κ3) is 5.74. The number of aromatic nitrogens is 5. The largest absolute Gasteiger partial charge is 0.307 e. The van der Waals surface area contributed by atoms with Crippen LogP contribution < -0.4 is 0 Å². The summed E-state index contributed by atoms with van der Waals surface area (Å²) in [6.45, 7) is 14.5. The number of hydrogen-bond donors (Lipinski definition) is 0. The summed E-state index contributed by atoms with van der Waals surface area (Å²) in [7, 11) is 0. The van der Waals surface area contributed by atoms with Crippen LogP contribution in [-0.4, -0.2) is 24.1 Å². The van der Waals surface area contributed by atoms with Crippen LogP contribution in [0.4, 0.5) is 0 Å². The summed E-state index contributed by atoms with van der Waals surface area (Å²) in [5.74, 6) is 1.82. The highest BCUT2D eigenvalue weighted by Crippen LogP contribution is 2.62. The third-order valence-corrected chi connectivity index (χ3v) is 15.5.